The molecule has 8 nitrogen and oxygen atoms in total. The molecule has 10 heteroatoms. The monoisotopic (exact) mass is 522 g/mol. The van der Waals surface area contributed by atoms with Crippen molar-refractivity contribution in [2.75, 3.05) is 35.6 Å². The molecule has 0 spiro atoms. The van der Waals surface area contributed by atoms with Crippen molar-refractivity contribution in [3.63, 3.8) is 0 Å². The summed E-state index contributed by atoms with van der Waals surface area (Å²) in [7, 11) is 0. The van der Waals surface area contributed by atoms with Crippen LogP contribution in [0, 0.1) is 17.6 Å². The van der Waals surface area contributed by atoms with E-state index in [0.29, 0.717) is 34.1 Å². The van der Waals surface area contributed by atoms with Gasteiger partial charge in [0.05, 0.1) is 11.4 Å². The molecule has 1 atom stereocenters. The second-order valence-corrected chi connectivity index (χ2v) is 8.83. The van der Waals surface area contributed by atoms with E-state index in [4.69, 9.17) is 5.73 Å². The fraction of sp³-hybridized carbons (Fsp3) is 0.286. The zero-order valence-electron chi connectivity index (χ0n) is 21.6. The number of halogens is 2. The normalized spacial score (nSPS) is 14.8. The molecule has 1 aliphatic heterocycles. The second kappa shape index (κ2) is 12.8. The number of nitrogens with zero attached hydrogens (tertiary/aromatic N) is 4. The van der Waals surface area contributed by atoms with Gasteiger partial charge >= 0.3 is 0 Å². The molecule has 3 N–H and O–H groups in total. The third-order valence-corrected chi connectivity index (χ3v) is 5.99. The summed E-state index contributed by atoms with van der Waals surface area (Å²) in [6, 6.07) is 8.86. The van der Waals surface area contributed by atoms with E-state index in [2.05, 4.69) is 40.4 Å². The molecule has 0 bridgehead atoms. The van der Waals surface area contributed by atoms with E-state index in [9.17, 15) is 18.4 Å². The lowest BCUT2D eigenvalue weighted by atomic mass is 10.1. The highest BCUT2D eigenvalue weighted by atomic mass is 19.1. The summed E-state index contributed by atoms with van der Waals surface area (Å²) in [5, 5.41) is 6.79. The molecule has 38 heavy (non-hydrogen) atoms. The van der Waals surface area contributed by atoms with Crippen molar-refractivity contribution >= 4 is 29.2 Å². The number of benzene rings is 2. The SMILES string of the molecule is C=C.CCCN=Cc1c(N)ccc(NC(=O)c2ccc(=O)n(-c3c(F)cccc3F)n2)c1N1CCC(C)C1. The number of nitrogen functional groups attached to an aromatic ring is 1. The molecule has 1 fully saturated rings. The molecule has 1 unspecified atom stereocenters. The lowest BCUT2D eigenvalue weighted by Crippen LogP contribution is -2.27. The summed E-state index contributed by atoms with van der Waals surface area (Å²) < 4.78 is 29.1. The number of carbonyl (C=O) groups excluding carboxylic acids is 1. The maximum Gasteiger partial charge on any atom is 0.276 e. The summed E-state index contributed by atoms with van der Waals surface area (Å²) >= 11 is 0. The lowest BCUT2D eigenvalue weighted by Gasteiger charge is -2.25. The Morgan fingerprint density at radius 2 is 1.89 bits per heavy atom. The minimum absolute atomic E-state index is 0.184. The highest BCUT2D eigenvalue weighted by Gasteiger charge is 2.26. The number of hydrogen-bond donors (Lipinski definition) is 2. The van der Waals surface area contributed by atoms with E-state index < -0.39 is 28.8 Å². The minimum Gasteiger partial charge on any atom is -0.398 e. The van der Waals surface area contributed by atoms with Crippen molar-refractivity contribution in [2.24, 2.45) is 10.9 Å². The van der Waals surface area contributed by atoms with Gasteiger partial charge in [0.2, 0.25) is 0 Å². The maximum absolute atomic E-state index is 14.3. The number of para-hydroxylation sites is 1. The third-order valence-electron chi connectivity index (χ3n) is 5.99. The average Bonchev–Trinajstić information content (AvgIpc) is 3.33. The van der Waals surface area contributed by atoms with Crippen LogP contribution in [0.15, 0.2) is 65.4 Å². The maximum atomic E-state index is 14.3. The van der Waals surface area contributed by atoms with Crippen molar-refractivity contribution < 1.29 is 13.6 Å². The Morgan fingerprint density at radius 1 is 1.18 bits per heavy atom. The number of nitrogens with two attached hydrogens (primary N) is 1. The van der Waals surface area contributed by atoms with Crippen molar-refractivity contribution in [3.8, 4) is 5.69 Å². The molecule has 1 amide bonds. The molecule has 0 saturated carbocycles. The molecule has 200 valence electrons. The van der Waals surface area contributed by atoms with Gasteiger partial charge in [-0.25, -0.2) is 8.78 Å². The van der Waals surface area contributed by atoms with Crippen LogP contribution < -0.4 is 21.5 Å². The minimum atomic E-state index is -0.970. The topological polar surface area (TPSA) is 106 Å². The van der Waals surface area contributed by atoms with Crippen LogP contribution in [-0.4, -0.2) is 41.5 Å². The highest BCUT2D eigenvalue weighted by Crippen LogP contribution is 2.36. The number of amides is 1. The fourth-order valence-corrected chi connectivity index (χ4v) is 4.19. The van der Waals surface area contributed by atoms with Gasteiger partial charge in [0.25, 0.3) is 11.5 Å². The Morgan fingerprint density at radius 3 is 2.53 bits per heavy atom. The molecule has 1 aromatic heterocycles. The Balaban J connectivity index is 0.00000195. The number of carbonyl (C=O) groups is 1. The second-order valence-electron chi connectivity index (χ2n) is 8.83. The first kappa shape index (κ1) is 28.2. The van der Waals surface area contributed by atoms with E-state index in [1.807, 2.05) is 6.92 Å². The summed E-state index contributed by atoms with van der Waals surface area (Å²) in [5.74, 6) is -2.12. The number of anilines is 3. The van der Waals surface area contributed by atoms with Gasteiger partial charge in [-0.1, -0.05) is 19.9 Å². The Labute approximate surface area is 220 Å². The van der Waals surface area contributed by atoms with Gasteiger partial charge in [0, 0.05) is 43.2 Å². The van der Waals surface area contributed by atoms with Crippen molar-refractivity contribution in [1.82, 2.24) is 9.78 Å². The van der Waals surface area contributed by atoms with Crippen LogP contribution in [0.5, 0.6) is 0 Å². The van der Waals surface area contributed by atoms with E-state index in [1.165, 1.54) is 12.1 Å². The fourth-order valence-electron chi connectivity index (χ4n) is 4.19. The molecular formula is C28H32F2N6O2. The average molecular weight is 523 g/mol. The number of rotatable bonds is 7. The Hall–Kier alpha value is -4.34. The number of aromatic nitrogens is 2. The van der Waals surface area contributed by atoms with Crippen molar-refractivity contribution in [1.29, 1.82) is 0 Å². The quantitative estimate of drug-likeness (QED) is 0.263. The molecule has 0 radical (unpaired) electrons. The molecule has 2 aromatic carbocycles. The van der Waals surface area contributed by atoms with Crippen molar-refractivity contribution in [3.05, 3.63) is 88.9 Å². The van der Waals surface area contributed by atoms with Crippen LogP contribution in [0.2, 0.25) is 0 Å². The zero-order chi connectivity index (χ0) is 27.8. The predicted molar refractivity (Wildman–Crippen MR) is 149 cm³/mol. The molecule has 2 heterocycles. The first-order valence-electron chi connectivity index (χ1n) is 12.3. The largest absolute Gasteiger partial charge is 0.398 e. The van der Waals surface area contributed by atoms with Crippen molar-refractivity contribution in [2.45, 2.75) is 26.7 Å². The number of hydrogen-bond acceptors (Lipinski definition) is 6. The third kappa shape index (κ3) is 6.13. The van der Waals surface area contributed by atoms with Gasteiger partial charge in [-0.2, -0.15) is 9.78 Å². The summed E-state index contributed by atoms with van der Waals surface area (Å²) in [5.41, 5.74) is 7.18. The summed E-state index contributed by atoms with van der Waals surface area (Å²) in [6.45, 7) is 12.4. The molecule has 1 saturated heterocycles. The van der Waals surface area contributed by atoms with Gasteiger partial charge in [0.15, 0.2) is 11.6 Å². The van der Waals surface area contributed by atoms with Crippen LogP contribution >= 0.6 is 0 Å². The highest BCUT2D eigenvalue weighted by molar-refractivity contribution is 6.08. The molecular weight excluding hydrogens is 490 g/mol. The summed E-state index contributed by atoms with van der Waals surface area (Å²) in [4.78, 5) is 32.1. The van der Waals surface area contributed by atoms with Crippen LogP contribution in [0.25, 0.3) is 5.69 Å². The van der Waals surface area contributed by atoms with Crippen LogP contribution in [-0.2, 0) is 0 Å². The Bertz CT molecular complexity index is 1370. The smallest absolute Gasteiger partial charge is 0.276 e. The first-order valence-corrected chi connectivity index (χ1v) is 12.3. The first-order chi connectivity index (χ1) is 18.3. The van der Waals surface area contributed by atoms with E-state index >= 15 is 0 Å². The van der Waals surface area contributed by atoms with E-state index in [0.717, 1.165) is 49.8 Å². The van der Waals surface area contributed by atoms with Gasteiger partial charge in [-0.3, -0.25) is 14.6 Å². The van der Waals surface area contributed by atoms with Gasteiger partial charge in [0.1, 0.15) is 11.4 Å². The van der Waals surface area contributed by atoms with E-state index in [-0.39, 0.29) is 5.69 Å². The molecule has 0 aliphatic carbocycles. The number of aliphatic imine (C=N–C) groups is 1. The molecule has 3 aromatic rings. The lowest BCUT2D eigenvalue weighted by molar-refractivity contribution is 0.102. The molecule has 4 rings (SSSR count). The van der Waals surface area contributed by atoms with Gasteiger partial charge < -0.3 is 16.0 Å². The van der Waals surface area contributed by atoms with Crippen LogP contribution in [0.4, 0.5) is 25.8 Å². The predicted octanol–water partition coefficient (Wildman–Crippen LogP) is 4.82. The van der Waals surface area contributed by atoms with Gasteiger partial charge in [-0.05, 0) is 49.1 Å². The standard InChI is InChI=1S/C26H28F2N6O2.C2H4/c1-3-12-30-14-17-20(29)7-8-21(24(17)33-13-11-16(2)15-33)31-26(36)22-9-10-23(35)34(32-22)25-18(27)5-4-6-19(25)28;1-2/h4-10,14,16H,3,11-13,15,29H2,1-2H3,(H,31,36);1-2H2. The molecule has 1 aliphatic rings. The van der Waals surface area contributed by atoms with Crippen LogP contribution in [0.3, 0.4) is 0 Å². The van der Waals surface area contributed by atoms with Crippen LogP contribution in [0.1, 0.15) is 42.7 Å². The van der Waals surface area contributed by atoms with Gasteiger partial charge in [-0.15, -0.1) is 13.2 Å². The Kier molecular flexibility index (Phi) is 9.48. The zero-order valence-corrected chi connectivity index (χ0v) is 21.6. The van der Waals surface area contributed by atoms with E-state index in [1.54, 1.807) is 18.3 Å². The summed E-state index contributed by atoms with van der Waals surface area (Å²) in [6.07, 6.45) is 3.60. The number of nitrogens with one attached hydrogen (secondary N) is 1.